The van der Waals surface area contributed by atoms with Gasteiger partial charge in [-0.3, -0.25) is 4.79 Å². The maximum atomic E-state index is 12.8. The third-order valence-corrected chi connectivity index (χ3v) is 5.87. The molecule has 1 amide bonds. The normalized spacial score (nSPS) is 20.6. The monoisotopic (exact) mass is 350 g/mol. The molecule has 1 spiro atoms. The van der Waals surface area contributed by atoms with E-state index in [1.165, 1.54) is 0 Å². The van der Waals surface area contributed by atoms with E-state index in [0.717, 1.165) is 54.9 Å². The minimum Gasteiger partial charge on any atom is -0.455 e. The average Bonchev–Trinajstić information content (AvgIpc) is 3.33. The molecule has 0 bridgehead atoms. The second-order valence-electron chi connectivity index (χ2n) is 7.68. The van der Waals surface area contributed by atoms with Crippen molar-refractivity contribution in [2.45, 2.75) is 33.1 Å². The highest BCUT2D eigenvalue weighted by Gasteiger charge is 2.57. The number of rotatable bonds is 4. The summed E-state index contributed by atoms with van der Waals surface area (Å²) < 4.78 is 6.18. The molecule has 2 N–H and O–H groups in total. The first-order valence-electron chi connectivity index (χ1n) is 9.44. The molecule has 1 saturated carbocycles. The summed E-state index contributed by atoms with van der Waals surface area (Å²) in [4.78, 5) is 12.8. The molecule has 4 heteroatoms. The van der Waals surface area contributed by atoms with Crippen LogP contribution in [0.1, 0.15) is 30.4 Å². The van der Waals surface area contributed by atoms with Crippen molar-refractivity contribution in [3.05, 3.63) is 53.6 Å². The molecule has 4 rings (SSSR count). The van der Waals surface area contributed by atoms with Gasteiger partial charge in [0, 0.05) is 5.92 Å². The maximum Gasteiger partial charge on any atom is 0.228 e. The summed E-state index contributed by atoms with van der Waals surface area (Å²) in [6, 6.07) is 13.8. The van der Waals surface area contributed by atoms with E-state index in [1.807, 2.05) is 56.3 Å². The molecule has 1 atom stereocenters. The number of anilines is 1. The first-order chi connectivity index (χ1) is 12.6. The number of aryl methyl sites for hydroxylation is 2. The Kier molecular flexibility index (Phi) is 4.45. The third-order valence-electron chi connectivity index (χ3n) is 5.87. The van der Waals surface area contributed by atoms with Crippen LogP contribution in [0.4, 0.5) is 5.69 Å². The zero-order chi connectivity index (χ0) is 18.1. The highest BCUT2D eigenvalue weighted by atomic mass is 16.5. The molecule has 136 valence electrons. The van der Waals surface area contributed by atoms with E-state index in [-0.39, 0.29) is 17.2 Å². The topological polar surface area (TPSA) is 50.4 Å². The molecule has 1 saturated heterocycles. The summed E-state index contributed by atoms with van der Waals surface area (Å²) in [6.07, 6.45) is 3.22. The number of para-hydroxylation sites is 3. The lowest BCUT2D eigenvalue weighted by Crippen LogP contribution is -2.31. The van der Waals surface area contributed by atoms with Gasteiger partial charge in [0.25, 0.3) is 0 Å². The lowest BCUT2D eigenvalue weighted by Gasteiger charge is -2.23. The first-order valence-corrected chi connectivity index (χ1v) is 9.44. The van der Waals surface area contributed by atoms with E-state index in [0.29, 0.717) is 5.75 Å². The molecule has 2 aromatic carbocycles. The van der Waals surface area contributed by atoms with Gasteiger partial charge in [-0.2, -0.15) is 0 Å². The largest absolute Gasteiger partial charge is 0.455 e. The van der Waals surface area contributed by atoms with Crippen LogP contribution in [0.5, 0.6) is 11.5 Å². The van der Waals surface area contributed by atoms with Gasteiger partial charge in [0.1, 0.15) is 5.75 Å². The van der Waals surface area contributed by atoms with Gasteiger partial charge in [-0.15, -0.1) is 0 Å². The van der Waals surface area contributed by atoms with Crippen molar-refractivity contribution in [1.82, 2.24) is 5.32 Å². The van der Waals surface area contributed by atoms with Crippen molar-refractivity contribution in [2.75, 3.05) is 18.4 Å². The third kappa shape index (κ3) is 3.21. The number of amides is 1. The fraction of sp³-hybridized carbons (Fsp3) is 0.409. The van der Waals surface area contributed by atoms with Crippen molar-refractivity contribution >= 4 is 11.6 Å². The molecule has 26 heavy (non-hydrogen) atoms. The minimum absolute atomic E-state index is 0.129. The zero-order valence-electron chi connectivity index (χ0n) is 15.5. The first kappa shape index (κ1) is 17.1. The lowest BCUT2D eigenvalue weighted by atomic mass is 9.92. The Morgan fingerprint density at radius 1 is 1.08 bits per heavy atom. The van der Waals surface area contributed by atoms with E-state index in [1.54, 1.807) is 0 Å². The number of carbonyl (C=O) groups is 1. The van der Waals surface area contributed by atoms with Crippen LogP contribution in [0.15, 0.2) is 42.5 Å². The van der Waals surface area contributed by atoms with Crippen LogP contribution < -0.4 is 15.4 Å². The molecule has 1 aliphatic carbocycles. The molecule has 1 aliphatic heterocycles. The van der Waals surface area contributed by atoms with Gasteiger partial charge < -0.3 is 15.4 Å². The smallest absolute Gasteiger partial charge is 0.228 e. The molecule has 0 radical (unpaired) electrons. The van der Waals surface area contributed by atoms with Crippen LogP contribution in [0.25, 0.3) is 0 Å². The zero-order valence-corrected chi connectivity index (χ0v) is 15.5. The summed E-state index contributed by atoms with van der Waals surface area (Å²) >= 11 is 0. The average molecular weight is 350 g/mol. The van der Waals surface area contributed by atoms with Crippen LogP contribution in [0, 0.1) is 25.2 Å². The predicted molar refractivity (Wildman–Crippen MR) is 104 cm³/mol. The minimum atomic E-state index is 0.129. The molecule has 2 aromatic rings. The van der Waals surface area contributed by atoms with E-state index >= 15 is 0 Å². The van der Waals surface area contributed by atoms with Crippen LogP contribution in [-0.2, 0) is 4.79 Å². The summed E-state index contributed by atoms with van der Waals surface area (Å²) in [7, 11) is 0. The van der Waals surface area contributed by atoms with Crippen LogP contribution >= 0.6 is 0 Å². The standard InChI is InChI=1S/C22H26N2O2/c1-15-6-5-7-16(2)20(15)26-19-9-4-3-8-18(19)24-21(25)17-14-22(17)10-12-23-13-11-22/h3-9,17,23H,10-14H2,1-2H3,(H,24,25). The molecule has 4 nitrogen and oxygen atoms in total. The second-order valence-corrected chi connectivity index (χ2v) is 7.68. The molecule has 2 aliphatic rings. The van der Waals surface area contributed by atoms with E-state index in [9.17, 15) is 4.79 Å². The number of carbonyl (C=O) groups excluding carboxylic acids is 1. The van der Waals surface area contributed by atoms with Gasteiger partial charge in [0.15, 0.2) is 5.75 Å². The Morgan fingerprint density at radius 2 is 1.77 bits per heavy atom. The van der Waals surface area contributed by atoms with Crippen LogP contribution in [0.3, 0.4) is 0 Å². The van der Waals surface area contributed by atoms with Gasteiger partial charge in [0.05, 0.1) is 5.69 Å². The Morgan fingerprint density at radius 3 is 2.50 bits per heavy atom. The van der Waals surface area contributed by atoms with Crippen molar-refractivity contribution in [3.63, 3.8) is 0 Å². The summed E-state index contributed by atoms with van der Waals surface area (Å²) in [5.41, 5.74) is 3.15. The summed E-state index contributed by atoms with van der Waals surface area (Å²) in [6.45, 7) is 6.12. The Balaban J connectivity index is 1.51. The fourth-order valence-corrected chi connectivity index (χ4v) is 4.14. The second kappa shape index (κ2) is 6.76. The van der Waals surface area contributed by atoms with Crippen molar-refractivity contribution in [2.24, 2.45) is 11.3 Å². The number of nitrogens with one attached hydrogen (secondary N) is 2. The Labute approximate surface area is 155 Å². The van der Waals surface area contributed by atoms with Crippen molar-refractivity contribution < 1.29 is 9.53 Å². The van der Waals surface area contributed by atoms with E-state index in [4.69, 9.17) is 4.74 Å². The number of hydrogen-bond acceptors (Lipinski definition) is 3. The number of piperidine rings is 1. The molecule has 2 fully saturated rings. The van der Waals surface area contributed by atoms with Gasteiger partial charge in [-0.1, -0.05) is 30.3 Å². The Bertz CT molecular complexity index is 804. The van der Waals surface area contributed by atoms with Gasteiger partial charge in [-0.25, -0.2) is 0 Å². The molecule has 0 aromatic heterocycles. The van der Waals surface area contributed by atoms with Gasteiger partial charge in [-0.05, 0) is 74.9 Å². The SMILES string of the molecule is Cc1cccc(C)c1Oc1ccccc1NC(=O)C1CC12CCNCC2. The van der Waals surface area contributed by atoms with E-state index < -0.39 is 0 Å². The highest BCUT2D eigenvalue weighted by Crippen LogP contribution is 2.58. The van der Waals surface area contributed by atoms with Crippen LogP contribution in [-0.4, -0.2) is 19.0 Å². The summed E-state index contributed by atoms with van der Waals surface area (Å²) in [5, 5.41) is 6.50. The highest BCUT2D eigenvalue weighted by molar-refractivity contribution is 5.96. The number of ether oxygens (including phenoxy) is 1. The lowest BCUT2D eigenvalue weighted by molar-refractivity contribution is -0.118. The van der Waals surface area contributed by atoms with Crippen molar-refractivity contribution in [3.8, 4) is 11.5 Å². The maximum absolute atomic E-state index is 12.8. The number of hydrogen-bond donors (Lipinski definition) is 2. The predicted octanol–water partition coefficient (Wildman–Crippen LogP) is 4.42. The van der Waals surface area contributed by atoms with Gasteiger partial charge >= 0.3 is 0 Å². The molecular formula is C22H26N2O2. The molecule has 1 heterocycles. The molecule has 1 unspecified atom stereocenters. The van der Waals surface area contributed by atoms with E-state index in [2.05, 4.69) is 10.6 Å². The Hall–Kier alpha value is -2.33. The van der Waals surface area contributed by atoms with Crippen molar-refractivity contribution in [1.29, 1.82) is 0 Å². The summed E-state index contributed by atoms with van der Waals surface area (Å²) in [5.74, 6) is 1.82. The fourth-order valence-electron chi connectivity index (χ4n) is 4.14. The van der Waals surface area contributed by atoms with Crippen LogP contribution in [0.2, 0.25) is 0 Å². The quantitative estimate of drug-likeness (QED) is 0.858. The van der Waals surface area contributed by atoms with Gasteiger partial charge in [0.2, 0.25) is 5.91 Å². The number of benzene rings is 2. The molecular weight excluding hydrogens is 324 g/mol.